The Morgan fingerprint density at radius 3 is 0.989 bits per heavy atom. The van der Waals surface area contributed by atoms with Crippen LogP contribution in [0.2, 0.25) is 0 Å². The summed E-state index contributed by atoms with van der Waals surface area (Å²) < 4.78 is 138. The molecule has 94 heavy (non-hydrogen) atoms. The molecule has 0 aliphatic carbocycles. The van der Waals surface area contributed by atoms with E-state index >= 15 is 0 Å². The van der Waals surface area contributed by atoms with Gasteiger partial charge in [0.2, 0.25) is 0 Å². The summed E-state index contributed by atoms with van der Waals surface area (Å²) in [6, 6.07) is 79.6. The van der Waals surface area contributed by atoms with Crippen molar-refractivity contribution in [1.29, 1.82) is 0 Å². The van der Waals surface area contributed by atoms with Gasteiger partial charge in [0, 0.05) is 0 Å². The van der Waals surface area contributed by atoms with E-state index in [0.717, 1.165) is 41.9 Å². The summed E-state index contributed by atoms with van der Waals surface area (Å²) in [5, 5.41) is 26.2. The monoisotopic (exact) mass is 1300 g/mol. The molecule has 1 aliphatic rings. The maximum absolute atomic E-state index is 12.3. The lowest BCUT2D eigenvalue weighted by Gasteiger charge is -2.32. The average molecular weight is 1300 g/mol. The largest absolute Gasteiger partial charge is 0.534 e. The number of benzene rings is 16. The molecule has 0 aromatic heterocycles. The van der Waals surface area contributed by atoms with Gasteiger partial charge >= 0.3 is 38.4 Å². The number of rotatable bonds is 7. The first kappa shape index (κ1) is 61.7. The van der Waals surface area contributed by atoms with Crippen molar-refractivity contribution in [2.45, 2.75) is 57.3 Å². The van der Waals surface area contributed by atoms with Crippen molar-refractivity contribution >= 4 is 151 Å². The fourth-order valence-electron chi connectivity index (χ4n) is 13.1. The highest BCUT2D eigenvalue weighted by molar-refractivity contribution is 7.88. The highest BCUT2D eigenvalue weighted by Crippen LogP contribution is 2.44. The van der Waals surface area contributed by atoms with Crippen molar-refractivity contribution in [3.63, 3.8) is 0 Å². The van der Waals surface area contributed by atoms with Crippen molar-refractivity contribution in [3.8, 4) is 33.8 Å². The van der Waals surface area contributed by atoms with Gasteiger partial charge in [0.15, 0.2) is 0 Å². The van der Waals surface area contributed by atoms with E-state index < -0.39 is 42.8 Å². The van der Waals surface area contributed by atoms with Crippen LogP contribution in [0.25, 0.3) is 141 Å². The summed E-state index contributed by atoms with van der Waals surface area (Å²) in [5.41, 5.74) is -5.83. The van der Waals surface area contributed by atoms with Gasteiger partial charge in [-0.1, -0.05) is 208 Å². The van der Waals surface area contributed by atoms with Crippen LogP contribution in [-0.2, 0) is 29.5 Å². The van der Waals surface area contributed by atoms with Gasteiger partial charge in [-0.3, -0.25) is 0 Å². The van der Waals surface area contributed by atoms with E-state index in [1.807, 2.05) is 0 Å². The fraction of sp³-hybridized carbons (Fsp3) is 0.117. The first-order chi connectivity index (χ1) is 44.3. The number of halogens is 6. The summed E-state index contributed by atoms with van der Waals surface area (Å²) in [7, 11) is -12.2. The smallest absolute Gasteiger partial charge is 0.399 e. The Bertz CT molecular complexity index is 5610. The fourth-order valence-corrected chi connectivity index (χ4v) is 14.0. The van der Waals surface area contributed by atoms with Gasteiger partial charge in [-0.25, -0.2) is 0 Å². The molecule has 0 atom stereocenters. The van der Waals surface area contributed by atoms with Crippen LogP contribution in [0, 0.1) is 0 Å². The highest BCUT2D eigenvalue weighted by atomic mass is 32.2. The number of hydrogen-bond donors (Lipinski definition) is 0. The Labute approximate surface area is 536 Å². The highest BCUT2D eigenvalue weighted by Gasteiger charge is 2.52. The van der Waals surface area contributed by atoms with Crippen LogP contribution in [-0.4, -0.2) is 46.2 Å². The molecule has 0 amide bonds. The van der Waals surface area contributed by atoms with Gasteiger partial charge in [-0.05, 0) is 210 Å². The molecular formula is C77H55BF6O8S2. The van der Waals surface area contributed by atoms with E-state index in [2.05, 4.69) is 236 Å². The van der Waals surface area contributed by atoms with Crippen molar-refractivity contribution in [3.05, 3.63) is 237 Å². The van der Waals surface area contributed by atoms with E-state index in [9.17, 15) is 43.2 Å². The molecule has 0 spiro atoms. The van der Waals surface area contributed by atoms with Crippen LogP contribution in [0.1, 0.15) is 35.1 Å². The molecule has 1 saturated heterocycles. The Kier molecular flexibility index (Phi) is 14.6. The molecule has 0 saturated carbocycles. The van der Waals surface area contributed by atoms with Crippen LogP contribution in [0.15, 0.2) is 237 Å². The maximum Gasteiger partial charge on any atom is 0.534 e. The van der Waals surface area contributed by atoms with Crippen molar-refractivity contribution in [1.82, 2.24) is 0 Å². The minimum absolute atomic E-state index is 0. The van der Waals surface area contributed by atoms with Crippen LogP contribution in [0.3, 0.4) is 0 Å². The van der Waals surface area contributed by atoms with E-state index in [1.54, 1.807) is 0 Å². The predicted molar refractivity (Wildman–Crippen MR) is 370 cm³/mol. The van der Waals surface area contributed by atoms with Crippen LogP contribution in [0.4, 0.5) is 26.3 Å². The second-order valence-corrected chi connectivity index (χ2v) is 27.5. The summed E-state index contributed by atoms with van der Waals surface area (Å²) in [5.74, 6) is -1.57. The summed E-state index contributed by atoms with van der Waals surface area (Å²) >= 11 is 0. The van der Waals surface area contributed by atoms with Crippen molar-refractivity contribution < 1.29 is 60.9 Å². The quantitative estimate of drug-likeness (QED) is 0.0511. The minimum Gasteiger partial charge on any atom is -0.399 e. The molecule has 17 rings (SSSR count). The first-order valence-electron chi connectivity index (χ1n) is 29.7. The molecule has 0 N–H and O–H groups in total. The lowest BCUT2D eigenvalue weighted by molar-refractivity contribution is -0.0504. The second kappa shape index (κ2) is 22.2. The summed E-state index contributed by atoms with van der Waals surface area (Å²) in [6.07, 6.45) is 0. The first-order valence-corrected chi connectivity index (χ1v) is 32.6. The summed E-state index contributed by atoms with van der Waals surface area (Å²) in [4.78, 5) is 0. The number of hydrogen-bond acceptors (Lipinski definition) is 8. The van der Waals surface area contributed by atoms with Gasteiger partial charge in [-0.2, -0.15) is 43.2 Å². The second-order valence-electron chi connectivity index (χ2n) is 24.5. The van der Waals surface area contributed by atoms with Crippen LogP contribution >= 0.6 is 0 Å². The third kappa shape index (κ3) is 10.4. The van der Waals surface area contributed by atoms with Crippen LogP contribution < -0.4 is 13.8 Å². The van der Waals surface area contributed by atoms with Crippen molar-refractivity contribution in [2.24, 2.45) is 0 Å². The average Bonchev–Trinajstić information content (AvgIpc) is 0.908. The van der Waals surface area contributed by atoms with E-state index in [1.165, 1.54) is 130 Å². The zero-order valence-corrected chi connectivity index (χ0v) is 51.6. The Morgan fingerprint density at radius 2 is 0.617 bits per heavy atom. The van der Waals surface area contributed by atoms with Crippen molar-refractivity contribution in [2.75, 3.05) is 0 Å². The zero-order chi connectivity index (χ0) is 64.7. The topological polar surface area (TPSA) is 105 Å². The molecular weight excluding hydrogens is 1240 g/mol. The van der Waals surface area contributed by atoms with Gasteiger partial charge in [0.25, 0.3) is 0 Å². The molecule has 1 fully saturated rings. The molecule has 16 aromatic carbocycles. The molecule has 0 radical (unpaired) electrons. The Hall–Kier alpha value is -9.78. The summed E-state index contributed by atoms with van der Waals surface area (Å²) in [6.45, 7) is 8.40. The Balaban J connectivity index is 0.000000128. The molecule has 1 heterocycles. The van der Waals surface area contributed by atoms with Gasteiger partial charge in [0.1, 0.15) is 11.5 Å². The lowest BCUT2D eigenvalue weighted by Crippen LogP contribution is -2.41. The van der Waals surface area contributed by atoms with Crippen LogP contribution in [0.5, 0.6) is 11.5 Å². The zero-order valence-electron chi connectivity index (χ0n) is 49.9. The molecule has 16 aromatic rings. The number of fused-ring (bicyclic) bond motifs is 2. The predicted octanol–water partition coefficient (Wildman–Crippen LogP) is 20.8. The molecule has 8 nitrogen and oxygen atoms in total. The molecule has 1 aliphatic heterocycles. The molecule has 468 valence electrons. The molecule has 0 bridgehead atoms. The van der Waals surface area contributed by atoms with Gasteiger partial charge in [0.05, 0.1) is 11.2 Å². The SMILES string of the molecule is C.CC1(C)OB(c2ccc3ccc4cccc5ccc2c3c45)OC1(C)C.O=S(=O)(Oc1ccc2ccc(OS(=O)(=O)C(F)(F)F)cc2c1)C(F)(F)F.c1cc2ccc3ccc(-c4ccc5ccc(-c6ccc7ccc8cccc9ccc6c7c89)cc5c4)c4ccc(c1)c2c34. The normalized spacial score (nSPS) is 14.4. The standard InChI is InChI=1S/C42H24.C22H21BO2.C12H6F6O6S2.CH4/c1-3-26-9-11-30-15-19-35(37-21-17-28(5-1)39(26)41(30)37)32-13-7-25-8-14-33(24-34(25)23-32)36-20-16-31-12-10-27-4-2-6-29-18-22-38(36)42(31)40(27)29;1-21(2)22(3,4)25-23(24-21)18-13-11-16-9-8-14-6-5-7-15-10-12-17(18)20(16)19(14)15;13-11(14,15)25(19,20)23-9-3-1-7-2-4-10(6-8(7)5-9)24-26(21,22)12(16,17)18;/h1-24H;5-13H,1-4H3;1-6H;1H4. The van der Waals surface area contributed by atoms with E-state index in [0.29, 0.717) is 0 Å². The third-order valence-electron chi connectivity index (χ3n) is 18.4. The number of alkyl halides is 6. The Morgan fingerprint density at radius 1 is 0.330 bits per heavy atom. The van der Waals surface area contributed by atoms with Gasteiger partial charge in [-0.15, -0.1) is 0 Å². The van der Waals surface area contributed by atoms with E-state index in [4.69, 9.17) is 9.31 Å². The molecule has 0 unspecified atom stereocenters. The third-order valence-corrected chi connectivity index (χ3v) is 20.3. The molecule has 17 heteroatoms. The maximum atomic E-state index is 12.3. The van der Waals surface area contributed by atoms with Gasteiger partial charge < -0.3 is 17.7 Å². The minimum atomic E-state index is -5.95. The lowest BCUT2D eigenvalue weighted by atomic mass is 9.74. The van der Waals surface area contributed by atoms with E-state index in [-0.39, 0.29) is 36.5 Å².